The van der Waals surface area contributed by atoms with Crippen molar-refractivity contribution in [2.75, 3.05) is 50.8 Å². The summed E-state index contributed by atoms with van der Waals surface area (Å²) in [5.74, 6) is 1.21. The highest BCUT2D eigenvalue weighted by atomic mass is 16.5. The summed E-state index contributed by atoms with van der Waals surface area (Å²) in [7, 11) is 0. The van der Waals surface area contributed by atoms with Crippen molar-refractivity contribution >= 4 is 22.6 Å². The van der Waals surface area contributed by atoms with Crippen LogP contribution in [0.3, 0.4) is 0 Å². The van der Waals surface area contributed by atoms with Crippen LogP contribution in [-0.4, -0.2) is 67.8 Å². The van der Waals surface area contributed by atoms with Gasteiger partial charge in [0.05, 0.1) is 18.7 Å². The zero-order chi connectivity index (χ0) is 17.1. The summed E-state index contributed by atoms with van der Waals surface area (Å²) < 4.78 is 5.43. The Bertz CT molecular complexity index is 737. The van der Waals surface area contributed by atoms with Crippen LogP contribution >= 0.6 is 0 Å². The summed E-state index contributed by atoms with van der Waals surface area (Å²) in [6.07, 6.45) is 0.522. The minimum absolute atomic E-state index is 0.154. The SMILES string of the molecule is O=C(CC1COCCN1)N1CCN(c2ccc3ccccc3n2)CC1. The number of amides is 1. The number of ether oxygens (including phenoxy) is 1. The zero-order valence-electron chi connectivity index (χ0n) is 14.4. The molecular formula is C19H24N4O2. The van der Waals surface area contributed by atoms with Gasteiger partial charge in [0.25, 0.3) is 0 Å². The molecule has 1 unspecified atom stereocenters. The summed E-state index contributed by atoms with van der Waals surface area (Å²) in [5.41, 5.74) is 1.02. The second-order valence-electron chi connectivity index (χ2n) is 6.66. The average molecular weight is 340 g/mol. The van der Waals surface area contributed by atoms with Crippen LogP contribution in [0.1, 0.15) is 6.42 Å². The van der Waals surface area contributed by atoms with Gasteiger partial charge >= 0.3 is 0 Å². The molecule has 2 aromatic rings. The fourth-order valence-corrected chi connectivity index (χ4v) is 3.51. The molecule has 0 bridgehead atoms. The Morgan fingerprint density at radius 2 is 2.00 bits per heavy atom. The quantitative estimate of drug-likeness (QED) is 0.912. The normalized spacial score (nSPS) is 21.5. The van der Waals surface area contributed by atoms with Crippen LogP contribution in [0.25, 0.3) is 10.9 Å². The van der Waals surface area contributed by atoms with Crippen molar-refractivity contribution in [1.29, 1.82) is 0 Å². The first kappa shape index (κ1) is 16.3. The summed E-state index contributed by atoms with van der Waals surface area (Å²) in [5, 5.41) is 4.50. The largest absolute Gasteiger partial charge is 0.378 e. The molecule has 6 nitrogen and oxygen atoms in total. The van der Waals surface area contributed by atoms with Gasteiger partial charge in [-0.15, -0.1) is 0 Å². The number of carbonyl (C=O) groups is 1. The smallest absolute Gasteiger partial charge is 0.224 e. The molecule has 6 heteroatoms. The number of para-hydroxylation sites is 1. The van der Waals surface area contributed by atoms with Crippen LogP contribution in [0.15, 0.2) is 36.4 Å². The number of benzene rings is 1. The van der Waals surface area contributed by atoms with Crippen LogP contribution in [0.5, 0.6) is 0 Å². The monoisotopic (exact) mass is 340 g/mol. The maximum absolute atomic E-state index is 12.5. The Hall–Kier alpha value is -2.18. The van der Waals surface area contributed by atoms with Gasteiger partial charge in [-0.2, -0.15) is 0 Å². The number of nitrogens with zero attached hydrogens (tertiary/aromatic N) is 3. The molecule has 0 spiro atoms. The lowest BCUT2D eigenvalue weighted by Gasteiger charge is -2.36. The van der Waals surface area contributed by atoms with Crippen LogP contribution in [0, 0.1) is 0 Å². The van der Waals surface area contributed by atoms with E-state index in [1.54, 1.807) is 0 Å². The van der Waals surface area contributed by atoms with Crippen molar-refractivity contribution < 1.29 is 9.53 Å². The molecule has 0 aliphatic carbocycles. The average Bonchev–Trinajstić information content (AvgIpc) is 2.68. The molecule has 1 aromatic carbocycles. The number of morpholine rings is 1. The van der Waals surface area contributed by atoms with Gasteiger partial charge in [0.15, 0.2) is 0 Å². The molecular weight excluding hydrogens is 316 g/mol. The van der Waals surface area contributed by atoms with Gasteiger partial charge in [0, 0.05) is 50.6 Å². The maximum Gasteiger partial charge on any atom is 0.224 e. The molecule has 2 saturated heterocycles. The van der Waals surface area contributed by atoms with Crippen molar-refractivity contribution in [3.63, 3.8) is 0 Å². The van der Waals surface area contributed by atoms with Gasteiger partial charge in [0.2, 0.25) is 5.91 Å². The van der Waals surface area contributed by atoms with E-state index in [2.05, 4.69) is 28.4 Å². The van der Waals surface area contributed by atoms with E-state index in [9.17, 15) is 4.79 Å². The molecule has 1 atom stereocenters. The Morgan fingerprint density at radius 3 is 2.80 bits per heavy atom. The van der Waals surface area contributed by atoms with Gasteiger partial charge in [-0.1, -0.05) is 18.2 Å². The topological polar surface area (TPSA) is 57.7 Å². The molecule has 4 rings (SSSR count). The number of anilines is 1. The highest BCUT2D eigenvalue weighted by Gasteiger charge is 2.25. The summed E-state index contributed by atoms with van der Waals surface area (Å²) in [4.78, 5) is 21.5. The Kier molecular flexibility index (Phi) is 4.81. The Morgan fingerprint density at radius 1 is 1.16 bits per heavy atom. The van der Waals surface area contributed by atoms with E-state index in [4.69, 9.17) is 9.72 Å². The van der Waals surface area contributed by atoms with E-state index >= 15 is 0 Å². The molecule has 1 aromatic heterocycles. The predicted molar refractivity (Wildman–Crippen MR) is 97.8 cm³/mol. The lowest BCUT2D eigenvalue weighted by Crippen LogP contribution is -2.51. The summed E-state index contributed by atoms with van der Waals surface area (Å²) >= 11 is 0. The fraction of sp³-hybridized carbons (Fsp3) is 0.474. The number of hydrogen-bond acceptors (Lipinski definition) is 5. The molecule has 1 N–H and O–H groups in total. The van der Waals surface area contributed by atoms with Gasteiger partial charge in [-0.3, -0.25) is 4.79 Å². The minimum atomic E-state index is 0.154. The number of pyridine rings is 1. The van der Waals surface area contributed by atoms with Gasteiger partial charge in [-0.05, 0) is 18.2 Å². The molecule has 2 aliphatic rings. The molecule has 3 heterocycles. The van der Waals surface area contributed by atoms with Crippen molar-refractivity contribution in [3.05, 3.63) is 36.4 Å². The van der Waals surface area contributed by atoms with Crippen LogP contribution in [0.4, 0.5) is 5.82 Å². The lowest BCUT2D eigenvalue weighted by molar-refractivity contribution is -0.132. The number of aromatic nitrogens is 1. The zero-order valence-corrected chi connectivity index (χ0v) is 14.4. The third kappa shape index (κ3) is 3.75. The minimum Gasteiger partial charge on any atom is -0.378 e. The van der Waals surface area contributed by atoms with E-state index in [0.29, 0.717) is 13.0 Å². The van der Waals surface area contributed by atoms with Gasteiger partial charge < -0.3 is 19.9 Å². The maximum atomic E-state index is 12.5. The van der Waals surface area contributed by atoms with Crippen LogP contribution < -0.4 is 10.2 Å². The lowest BCUT2D eigenvalue weighted by atomic mass is 10.1. The fourth-order valence-electron chi connectivity index (χ4n) is 3.51. The number of fused-ring (bicyclic) bond motifs is 1. The van der Waals surface area contributed by atoms with Gasteiger partial charge in [-0.25, -0.2) is 4.98 Å². The summed E-state index contributed by atoms with van der Waals surface area (Å²) in [6.45, 7) is 5.35. The molecule has 0 radical (unpaired) electrons. The first-order valence-corrected chi connectivity index (χ1v) is 8.99. The molecule has 25 heavy (non-hydrogen) atoms. The van der Waals surface area contributed by atoms with Crippen molar-refractivity contribution in [2.24, 2.45) is 0 Å². The second kappa shape index (κ2) is 7.37. The van der Waals surface area contributed by atoms with E-state index in [1.807, 2.05) is 23.1 Å². The van der Waals surface area contributed by atoms with E-state index in [-0.39, 0.29) is 11.9 Å². The third-order valence-electron chi connectivity index (χ3n) is 4.96. The number of nitrogens with one attached hydrogen (secondary N) is 1. The standard InChI is InChI=1S/C19H24N4O2/c24-19(13-16-14-25-12-7-20-16)23-10-8-22(9-11-23)18-6-5-15-3-1-2-4-17(15)21-18/h1-6,16,20H,7-14H2. The summed E-state index contributed by atoms with van der Waals surface area (Å²) in [6, 6.07) is 12.5. The van der Waals surface area contributed by atoms with Crippen LogP contribution in [0.2, 0.25) is 0 Å². The molecule has 1 amide bonds. The number of piperazine rings is 1. The number of rotatable bonds is 3. The number of carbonyl (C=O) groups excluding carboxylic acids is 1. The van der Waals surface area contributed by atoms with E-state index in [1.165, 1.54) is 0 Å². The van der Waals surface area contributed by atoms with Gasteiger partial charge in [0.1, 0.15) is 5.82 Å². The first-order valence-electron chi connectivity index (χ1n) is 8.99. The van der Waals surface area contributed by atoms with Crippen molar-refractivity contribution in [2.45, 2.75) is 12.5 Å². The Labute approximate surface area is 147 Å². The molecule has 2 aliphatic heterocycles. The van der Waals surface area contributed by atoms with E-state index in [0.717, 1.165) is 56.1 Å². The molecule has 0 saturated carbocycles. The van der Waals surface area contributed by atoms with E-state index < -0.39 is 0 Å². The molecule has 2 fully saturated rings. The van der Waals surface area contributed by atoms with Crippen LogP contribution in [-0.2, 0) is 9.53 Å². The third-order valence-corrected chi connectivity index (χ3v) is 4.96. The molecule has 132 valence electrons. The highest BCUT2D eigenvalue weighted by molar-refractivity contribution is 5.80. The second-order valence-corrected chi connectivity index (χ2v) is 6.66. The Balaban J connectivity index is 1.34. The van der Waals surface area contributed by atoms with Crippen molar-refractivity contribution in [1.82, 2.24) is 15.2 Å². The highest BCUT2D eigenvalue weighted by Crippen LogP contribution is 2.19. The predicted octanol–water partition coefficient (Wildman–Crippen LogP) is 1.26. The first-order chi connectivity index (χ1) is 12.3. The number of hydrogen-bond donors (Lipinski definition) is 1. The van der Waals surface area contributed by atoms with Crippen molar-refractivity contribution in [3.8, 4) is 0 Å².